The molecule has 0 spiro atoms. The first-order chi connectivity index (χ1) is 8.63. The minimum atomic E-state index is -0.0390. The molecule has 1 aromatic rings. The molecule has 0 radical (unpaired) electrons. The van der Waals surface area contributed by atoms with Gasteiger partial charge in [-0.2, -0.15) is 0 Å². The van der Waals surface area contributed by atoms with Crippen LogP contribution in [0.5, 0.6) is 0 Å². The first-order valence-electron chi connectivity index (χ1n) is 6.46. The maximum Gasteiger partial charge on any atom is 0.240 e. The Balaban J connectivity index is 0.00000180. The van der Waals surface area contributed by atoms with Gasteiger partial charge >= 0.3 is 0 Å². The van der Waals surface area contributed by atoms with E-state index >= 15 is 0 Å². The zero-order valence-electron chi connectivity index (χ0n) is 11.3. The summed E-state index contributed by atoms with van der Waals surface area (Å²) in [5.41, 5.74) is 0. The van der Waals surface area contributed by atoms with Crippen LogP contribution in [0.15, 0.2) is 0 Å². The van der Waals surface area contributed by atoms with Gasteiger partial charge in [0.2, 0.25) is 11.0 Å². The van der Waals surface area contributed by atoms with Crippen molar-refractivity contribution in [2.75, 3.05) is 18.4 Å². The first-order valence-corrected chi connectivity index (χ1v) is 7.28. The molecule has 2 N–H and O–H groups in total. The SMILES string of the molecule is CC(C)Cc1nnc(NC(=O)CNCC2CC2)s1.Cl. The molecule has 1 heterocycles. The molecule has 0 aromatic carbocycles. The molecule has 1 aromatic heterocycles. The van der Waals surface area contributed by atoms with Crippen LogP contribution < -0.4 is 10.6 Å². The van der Waals surface area contributed by atoms with Crippen molar-refractivity contribution in [3.63, 3.8) is 0 Å². The number of hydrogen-bond donors (Lipinski definition) is 2. The Morgan fingerprint density at radius 1 is 1.42 bits per heavy atom. The quantitative estimate of drug-likeness (QED) is 0.809. The molecule has 1 saturated carbocycles. The Morgan fingerprint density at radius 2 is 2.16 bits per heavy atom. The van der Waals surface area contributed by atoms with Crippen molar-refractivity contribution in [1.82, 2.24) is 15.5 Å². The number of amides is 1. The van der Waals surface area contributed by atoms with Gasteiger partial charge < -0.3 is 5.32 Å². The number of aromatic nitrogens is 2. The minimum Gasteiger partial charge on any atom is -0.308 e. The Morgan fingerprint density at radius 3 is 2.79 bits per heavy atom. The summed E-state index contributed by atoms with van der Waals surface area (Å²) in [5.74, 6) is 1.31. The fraction of sp³-hybridized carbons (Fsp3) is 0.750. The van der Waals surface area contributed by atoms with Gasteiger partial charge in [-0.3, -0.25) is 10.1 Å². The van der Waals surface area contributed by atoms with Crippen LogP contribution >= 0.6 is 23.7 Å². The van der Waals surface area contributed by atoms with Crippen molar-refractivity contribution < 1.29 is 4.79 Å². The van der Waals surface area contributed by atoms with E-state index in [1.807, 2.05) is 0 Å². The molecule has 108 valence electrons. The Hall–Kier alpha value is -0.720. The maximum atomic E-state index is 11.6. The standard InChI is InChI=1S/C12H20N4OS.ClH/c1-8(2)5-11-15-16-12(18-11)14-10(17)7-13-6-9-3-4-9;/h8-9,13H,3-7H2,1-2H3,(H,14,16,17);1H. The molecule has 19 heavy (non-hydrogen) atoms. The van der Waals surface area contributed by atoms with E-state index in [1.54, 1.807) is 0 Å². The third kappa shape index (κ3) is 6.31. The molecule has 1 aliphatic rings. The van der Waals surface area contributed by atoms with Crippen LogP contribution in [0.2, 0.25) is 0 Å². The van der Waals surface area contributed by atoms with E-state index in [2.05, 4.69) is 34.7 Å². The van der Waals surface area contributed by atoms with Gasteiger partial charge in [0.15, 0.2) is 0 Å². The molecule has 7 heteroatoms. The summed E-state index contributed by atoms with van der Waals surface area (Å²) in [4.78, 5) is 11.6. The lowest BCUT2D eigenvalue weighted by Crippen LogP contribution is -2.29. The van der Waals surface area contributed by atoms with Crippen LogP contribution in [0, 0.1) is 11.8 Å². The number of halogens is 1. The topological polar surface area (TPSA) is 66.9 Å². The second-order valence-corrected chi connectivity index (χ2v) is 6.28. The third-order valence-corrected chi connectivity index (χ3v) is 3.57. The summed E-state index contributed by atoms with van der Waals surface area (Å²) in [6.07, 6.45) is 3.50. The van der Waals surface area contributed by atoms with Crippen LogP contribution in [0.3, 0.4) is 0 Å². The Labute approximate surface area is 124 Å². The van der Waals surface area contributed by atoms with Gasteiger partial charge in [0, 0.05) is 6.42 Å². The first kappa shape index (κ1) is 16.3. The molecule has 2 rings (SSSR count). The number of nitrogens with zero attached hydrogens (tertiary/aromatic N) is 2. The van der Waals surface area contributed by atoms with E-state index in [4.69, 9.17) is 0 Å². The highest BCUT2D eigenvalue weighted by Gasteiger charge is 2.20. The smallest absolute Gasteiger partial charge is 0.240 e. The fourth-order valence-corrected chi connectivity index (χ4v) is 2.58. The minimum absolute atomic E-state index is 0. The molecule has 1 fully saturated rings. The monoisotopic (exact) mass is 304 g/mol. The molecule has 0 unspecified atom stereocenters. The summed E-state index contributed by atoms with van der Waals surface area (Å²) in [6, 6.07) is 0. The van der Waals surface area contributed by atoms with Gasteiger partial charge in [0.05, 0.1) is 6.54 Å². The Bertz CT molecular complexity index is 406. The van der Waals surface area contributed by atoms with E-state index < -0.39 is 0 Å². The van der Waals surface area contributed by atoms with Crippen LogP contribution in [-0.4, -0.2) is 29.2 Å². The lowest BCUT2D eigenvalue weighted by molar-refractivity contribution is -0.115. The second kappa shape index (κ2) is 7.77. The van der Waals surface area contributed by atoms with E-state index in [-0.39, 0.29) is 18.3 Å². The number of carbonyl (C=O) groups excluding carboxylic acids is 1. The van der Waals surface area contributed by atoms with Crippen LogP contribution in [0.1, 0.15) is 31.7 Å². The third-order valence-electron chi connectivity index (χ3n) is 2.71. The fourth-order valence-electron chi connectivity index (χ4n) is 1.61. The molecule has 0 atom stereocenters. The van der Waals surface area contributed by atoms with Crippen LogP contribution in [0.25, 0.3) is 0 Å². The maximum absolute atomic E-state index is 11.6. The van der Waals surface area contributed by atoms with Crippen LogP contribution in [0.4, 0.5) is 5.13 Å². The summed E-state index contributed by atoms with van der Waals surface area (Å²) >= 11 is 1.46. The molecule has 1 amide bonds. The van der Waals surface area contributed by atoms with Gasteiger partial charge in [-0.25, -0.2) is 0 Å². The van der Waals surface area contributed by atoms with Crippen molar-refractivity contribution in [3.8, 4) is 0 Å². The zero-order chi connectivity index (χ0) is 13.0. The summed E-state index contributed by atoms with van der Waals surface area (Å²) in [6.45, 7) is 5.58. The summed E-state index contributed by atoms with van der Waals surface area (Å²) in [5, 5.41) is 15.5. The average Bonchev–Trinajstić information content (AvgIpc) is 3.00. The van der Waals surface area contributed by atoms with E-state index in [9.17, 15) is 4.79 Å². The summed E-state index contributed by atoms with van der Waals surface area (Å²) < 4.78 is 0. The van der Waals surface area contributed by atoms with Gasteiger partial charge in [-0.15, -0.1) is 22.6 Å². The lowest BCUT2D eigenvalue weighted by Gasteiger charge is -2.02. The van der Waals surface area contributed by atoms with Crippen molar-refractivity contribution in [2.45, 2.75) is 33.1 Å². The molecular formula is C12H21ClN4OS. The highest BCUT2D eigenvalue weighted by Crippen LogP contribution is 2.27. The van der Waals surface area contributed by atoms with Gasteiger partial charge in [0.1, 0.15) is 5.01 Å². The molecular weight excluding hydrogens is 284 g/mol. The van der Waals surface area contributed by atoms with E-state index in [0.717, 1.165) is 23.9 Å². The zero-order valence-corrected chi connectivity index (χ0v) is 12.9. The largest absolute Gasteiger partial charge is 0.308 e. The van der Waals surface area contributed by atoms with Gasteiger partial charge in [-0.1, -0.05) is 25.2 Å². The lowest BCUT2D eigenvalue weighted by atomic mass is 10.1. The molecule has 1 aliphatic carbocycles. The summed E-state index contributed by atoms with van der Waals surface area (Å²) in [7, 11) is 0. The van der Waals surface area contributed by atoms with Gasteiger partial charge in [-0.05, 0) is 31.2 Å². The molecule has 0 bridgehead atoms. The van der Waals surface area contributed by atoms with Crippen molar-refractivity contribution >= 4 is 34.8 Å². The normalized spacial score (nSPS) is 14.3. The Kier molecular flexibility index (Phi) is 6.68. The number of rotatable bonds is 7. The average molecular weight is 305 g/mol. The number of hydrogen-bond acceptors (Lipinski definition) is 5. The molecule has 0 aliphatic heterocycles. The van der Waals surface area contributed by atoms with Crippen molar-refractivity contribution in [2.24, 2.45) is 11.8 Å². The number of nitrogens with one attached hydrogen (secondary N) is 2. The number of anilines is 1. The molecule has 0 saturated heterocycles. The van der Waals surface area contributed by atoms with Crippen molar-refractivity contribution in [3.05, 3.63) is 5.01 Å². The van der Waals surface area contributed by atoms with E-state index in [1.165, 1.54) is 24.2 Å². The van der Waals surface area contributed by atoms with Crippen molar-refractivity contribution in [1.29, 1.82) is 0 Å². The highest BCUT2D eigenvalue weighted by molar-refractivity contribution is 7.15. The predicted octanol–water partition coefficient (Wildman–Crippen LogP) is 2.10. The van der Waals surface area contributed by atoms with Crippen LogP contribution in [-0.2, 0) is 11.2 Å². The number of carbonyl (C=O) groups is 1. The van der Waals surface area contributed by atoms with Gasteiger partial charge in [0.25, 0.3) is 0 Å². The van der Waals surface area contributed by atoms with E-state index in [0.29, 0.717) is 17.6 Å². The highest BCUT2D eigenvalue weighted by atomic mass is 35.5. The second-order valence-electron chi connectivity index (χ2n) is 5.22. The predicted molar refractivity (Wildman–Crippen MR) is 79.9 cm³/mol. The molecule has 5 nitrogen and oxygen atoms in total.